The van der Waals surface area contributed by atoms with E-state index < -0.39 is 11.8 Å². The highest BCUT2D eigenvalue weighted by atomic mass is 16.5. The number of aryl methyl sites for hydroxylation is 4. The summed E-state index contributed by atoms with van der Waals surface area (Å²) in [6, 6.07) is 10.2. The number of amides is 3. The maximum Gasteiger partial charge on any atom is 0.276 e. The van der Waals surface area contributed by atoms with E-state index in [2.05, 4.69) is 30.8 Å². The number of aromatic nitrogens is 9. The van der Waals surface area contributed by atoms with Gasteiger partial charge in [0.25, 0.3) is 11.8 Å². The zero-order chi connectivity index (χ0) is 36.9. The number of carbonyl (C=O) groups excluding carboxylic acids is 3. The molecule has 0 aliphatic carbocycles. The standard InChI is InChI=1S/C35H41N13O4/c1-5-47-26(17-21(3)43-47)32(50)41-34-40-25-19-23(30(37)49)20-28(52-16-10-12-36)29(25)45(34)14-7-8-15-46-31-24(11-9-13-38-31)39-35(46)42-33(51)27-18-22(4)44-48(27)6-2/h7-9,11,13,17-20H,5-6,10,12,14-16,36H2,1-4H3,(H2,37,49)(H,39,42,51)(H,40,41,50)/b8-7+. The number of imidazole rings is 2. The average molecular weight is 708 g/mol. The van der Waals surface area contributed by atoms with Gasteiger partial charge in [-0.2, -0.15) is 10.2 Å². The third-order valence-corrected chi connectivity index (χ3v) is 8.26. The van der Waals surface area contributed by atoms with Crippen molar-refractivity contribution in [2.24, 2.45) is 11.5 Å². The highest BCUT2D eigenvalue weighted by molar-refractivity contribution is 6.04. The Morgan fingerprint density at radius 1 is 0.846 bits per heavy atom. The Morgan fingerprint density at radius 3 is 2.04 bits per heavy atom. The van der Waals surface area contributed by atoms with Gasteiger partial charge in [-0.15, -0.1) is 0 Å². The zero-order valence-corrected chi connectivity index (χ0v) is 29.5. The van der Waals surface area contributed by atoms with Crippen LogP contribution < -0.4 is 26.8 Å². The molecule has 5 heterocycles. The van der Waals surface area contributed by atoms with Crippen molar-refractivity contribution < 1.29 is 19.1 Å². The molecule has 0 saturated carbocycles. The van der Waals surface area contributed by atoms with Crippen molar-refractivity contribution in [2.75, 3.05) is 23.8 Å². The van der Waals surface area contributed by atoms with Crippen LogP contribution in [0.4, 0.5) is 11.9 Å². The molecule has 0 saturated heterocycles. The molecule has 0 radical (unpaired) electrons. The first-order valence-electron chi connectivity index (χ1n) is 17.0. The maximum atomic E-state index is 13.6. The van der Waals surface area contributed by atoms with E-state index >= 15 is 0 Å². The largest absolute Gasteiger partial charge is 0.491 e. The van der Waals surface area contributed by atoms with Crippen LogP contribution >= 0.6 is 0 Å². The zero-order valence-electron chi connectivity index (χ0n) is 29.5. The van der Waals surface area contributed by atoms with Crippen LogP contribution in [0, 0.1) is 13.8 Å². The van der Waals surface area contributed by atoms with Crippen molar-refractivity contribution in [3.63, 3.8) is 0 Å². The molecule has 0 aliphatic rings. The molecule has 6 N–H and O–H groups in total. The minimum Gasteiger partial charge on any atom is -0.491 e. The summed E-state index contributed by atoms with van der Waals surface area (Å²) in [4.78, 5) is 53.0. The van der Waals surface area contributed by atoms with E-state index in [9.17, 15) is 14.4 Å². The lowest BCUT2D eigenvalue weighted by molar-refractivity contribution is 0.0994. The summed E-state index contributed by atoms with van der Waals surface area (Å²) in [6.45, 7) is 9.73. The number of anilines is 2. The second kappa shape index (κ2) is 15.3. The summed E-state index contributed by atoms with van der Waals surface area (Å²) < 4.78 is 12.9. The van der Waals surface area contributed by atoms with Gasteiger partial charge >= 0.3 is 0 Å². The molecule has 3 amide bonds. The highest BCUT2D eigenvalue weighted by Gasteiger charge is 2.22. The predicted molar refractivity (Wildman–Crippen MR) is 195 cm³/mol. The van der Waals surface area contributed by atoms with Crippen LogP contribution in [0.1, 0.15) is 63.0 Å². The van der Waals surface area contributed by atoms with Gasteiger partial charge in [0.05, 0.1) is 23.5 Å². The van der Waals surface area contributed by atoms with Crippen LogP contribution in [-0.2, 0) is 26.2 Å². The SMILES string of the molecule is CCn1nc(C)cc1C(=O)Nc1nc2cccnc2n1C/C=C/Cn1c(NC(=O)c2cc(C)nn2CC)nc2cc(C(N)=O)cc(OCCCN)c21. The van der Waals surface area contributed by atoms with Gasteiger partial charge in [0, 0.05) is 37.9 Å². The van der Waals surface area contributed by atoms with Crippen molar-refractivity contribution in [2.45, 2.75) is 60.3 Å². The first-order chi connectivity index (χ1) is 25.1. The third kappa shape index (κ3) is 7.25. The number of rotatable bonds is 15. The summed E-state index contributed by atoms with van der Waals surface area (Å²) in [5, 5.41) is 14.6. The quantitative estimate of drug-likeness (QED) is 0.0900. The summed E-state index contributed by atoms with van der Waals surface area (Å²) >= 11 is 0. The number of pyridine rings is 1. The van der Waals surface area contributed by atoms with Crippen LogP contribution in [0.25, 0.3) is 22.2 Å². The lowest BCUT2D eigenvalue weighted by Crippen LogP contribution is -2.20. The number of carbonyl (C=O) groups is 3. The van der Waals surface area contributed by atoms with E-state index in [1.54, 1.807) is 55.0 Å². The van der Waals surface area contributed by atoms with Crippen LogP contribution in [0.2, 0.25) is 0 Å². The van der Waals surface area contributed by atoms with Crippen LogP contribution in [0.15, 0.2) is 54.7 Å². The molecular weight excluding hydrogens is 666 g/mol. The Labute approximate surface area is 298 Å². The number of ether oxygens (including phenoxy) is 1. The molecule has 17 nitrogen and oxygen atoms in total. The summed E-state index contributed by atoms with van der Waals surface area (Å²) in [6.07, 6.45) is 6.02. The number of fused-ring (bicyclic) bond motifs is 2. The second-order valence-corrected chi connectivity index (χ2v) is 12.0. The van der Waals surface area contributed by atoms with E-state index in [4.69, 9.17) is 21.2 Å². The average Bonchev–Trinajstić information content (AvgIpc) is 3.89. The van der Waals surface area contributed by atoms with Gasteiger partial charge in [0.1, 0.15) is 28.2 Å². The Morgan fingerprint density at radius 2 is 1.44 bits per heavy atom. The lowest BCUT2D eigenvalue weighted by Gasteiger charge is -2.13. The van der Waals surface area contributed by atoms with E-state index in [-0.39, 0.29) is 24.0 Å². The number of nitrogens with two attached hydrogens (primary N) is 2. The van der Waals surface area contributed by atoms with E-state index in [0.717, 1.165) is 5.69 Å². The molecule has 0 atom stereocenters. The normalized spacial score (nSPS) is 11.6. The Balaban J connectivity index is 1.35. The van der Waals surface area contributed by atoms with Crippen LogP contribution in [-0.4, -0.2) is 74.5 Å². The van der Waals surface area contributed by atoms with Gasteiger partial charge in [0.2, 0.25) is 17.8 Å². The van der Waals surface area contributed by atoms with E-state index in [0.29, 0.717) is 90.2 Å². The van der Waals surface area contributed by atoms with Gasteiger partial charge < -0.3 is 20.8 Å². The van der Waals surface area contributed by atoms with Crippen molar-refractivity contribution >= 4 is 51.8 Å². The first-order valence-corrected chi connectivity index (χ1v) is 17.0. The Kier molecular flexibility index (Phi) is 10.4. The van der Waals surface area contributed by atoms with Gasteiger partial charge in [-0.25, -0.2) is 15.0 Å². The van der Waals surface area contributed by atoms with Gasteiger partial charge in [0.15, 0.2) is 5.65 Å². The third-order valence-electron chi connectivity index (χ3n) is 8.26. The molecule has 52 heavy (non-hydrogen) atoms. The summed E-state index contributed by atoms with van der Waals surface area (Å²) in [5.74, 6) is -0.478. The summed E-state index contributed by atoms with van der Waals surface area (Å²) in [5.41, 5.74) is 16.0. The molecule has 6 aromatic rings. The van der Waals surface area contributed by atoms with Crippen molar-refractivity contribution in [1.29, 1.82) is 0 Å². The number of allylic oxidation sites excluding steroid dienone is 2. The predicted octanol–water partition coefficient (Wildman–Crippen LogP) is 3.42. The maximum absolute atomic E-state index is 13.6. The molecule has 6 rings (SSSR count). The molecule has 270 valence electrons. The topological polar surface area (TPSA) is 221 Å². The van der Waals surface area contributed by atoms with E-state index in [1.807, 2.05) is 45.9 Å². The second-order valence-electron chi connectivity index (χ2n) is 12.0. The minimum atomic E-state index is -0.647. The molecule has 0 bridgehead atoms. The van der Waals surface area contributed by atoms with E-state index in [1.165, 1.54) is 0 Å². The number of nitrogens with zero attached hydrogens (tertiary/aromatic N) is 9. The van der Waals surface area contributed by atoms with Crippen LogP contribution in [0.3, 0.4) is 0 Å². The molecule has 0 aliphatic heterocycles. The van der Waals surface area contributed by atoms with Crippen molar-refractivity contribution in [3.05, 3.63) is 83.1 Å². The molecule has 5 aromatic heterocycles. The lowest BCUT2D eigenvalue weighted by atomic mass is 10.1. The molecule has 17 heteroatoms. The smallest absolute Gasteiger partial charge is 0.276 e. The van der Waals surface area contributed by atoms with Crippen LogP contribution in [0.5, 0.6) is 5.75 Å². The molecule has 0 unspecified atom stereocenters. The monoisotopic (exact) mass is 707 g/mol. The highest BCUT2D eigenvalue weighted by Crippen LogP contribution is 2.31. The number of hydrogen-bond acceptors (Lipinski definition) is 10. The van der Waals surface area contributed by atoms with Gasteiger partial charge in [-0.05, 0) is 77.1 Å². The fraction of sp³-hybridized carbons (Fsp3) is 0.314. The molecule has 1 aromatic carbocycles. The fourth-order valence-electron chi connectivity index (χ4n) is 5.88. The molecule has 0 spiro atoms. The van der Waals surface area contributed by atoms with Gasteiger partial charge in [-0.3, -0.25) is 38.9 Å². The van der Waals surface area contributed by atoms with Gasteiger partial charge in [-0.1, -0.05) is 12.2 Å². The fourth-order valence-corrected chi connectivity index (χ4v) is 5.88. The molecular formula is C35H41N13O4. The Hall–Kier alpha value is -6.36. The number of hydrogen-bond donors (Lipinski definition) is 4. The number of benzene rings is 1. The number of primary amides is 1. The van der Waals surface area contributed by atoms with Crippen molar-refractivity contribution in [3.8, 4) is 5.75 Å². The van der Waals surface area contributed by atoms with Crippen molar-refractivity contribution in [1.82, 2.24) is 43.6 Å². The first kappa shape index (κ1) is 35.5. The minimum absolute atomic E-state index is 0.208. The number of nitrogens with one attached hydrogen (secondary N) is 2. The Bertz CT molecular complexity index is 2310. The molecule has 0 fully saturated rings. The summed E-state index contributed by atoms with van der Waals surface area (Å²) in [7, 11) is 0.